The van der Waals surface area contributed by atoms with Crippen LogP contribution in [-0.4, -0.2) is 30.1 Å². The predicted molar refractivity (Wildman–Crippen MR) is 85.9 cm³/mol. The highest BCUT2D eigenvalue weighted by Gasteiger charge is 2.54. The van der Waals surface area contributed by atoms with Gasteiger partial charge in [-0.15, -0.1) is 0 Å². The number of anilines is 1. The van der Waals surface area contributed by atoms with E-state index in [1.54, 1.807) is 0 Å². The fourth-order valence-electron chi connectivity index (χ4n) is 3.52. The zero-order valence-corrected chi connectivity index (χ0v) is 14.3. The van der Waals surface area contributed by atoms with Crippen LogP contribution in [0.2, 0.25) is 0 Å². The number of carbonyl (C=O) groups is 1. The minimum Gasteiger partial charge on any atom is -0.307 e. The average molecular weight is 424 g/mol. The van der Waals surface area contributed by atoms with Gasteiger partial charge in [0.1, 0.15) is 17.9 Å². The van der Waals surface area contributed by atoms with Crippen LogP contribution < -0.4 is 5.32 Å². The molecule has 0 aromatic heterocycles. The third-order valence-corrected chi connectivity index (χ3v) is 4.56. The topological polar surface area (TPSA) is 32.3 Å². The van der Waals surface area contributed by atoms with Crippen molar-refractivity contribution in [3.05, 3.63) is 65.0 Å². The van der Waals surface area contributed by atoms with Gasteiger partial charge in [0.15, 0.2) is 11.6 Å². The van der Waals surface area contributed by atoms with Crippen molar-refractivity contribution < 1.29 is 39.9 Å². The number of carbonyl (C=O) groups excluding carboxylic acids is 1. The Morgan fingerprint density at radius 2 is 1.62 bits per heavy atom. The van der Waals surface area contributed by atoms with Crippen LogP contribution in [0.5, 0.6) is 0 Å². The molecule has 2 aromatic carbocycles. The molecule has 1 atom stereocenters. The largest absolute Gasteiger partial charge is 0.406 e. The third kappa shape index (κ3) is 3.73. The van der Waals surface area contributed by atoms with Crippen molar-refractivity contribution >= 4 is 11.7 Å². The maximum atomic E-state index is 14.8. The molecule has 1 aliphatic heterocycles. The Hall–Kier alpha value is -2.85. The van der Waals surface area contributed by atoms with E-state index in [1.807, 2.05) is 5.32 Å². The number of urea groups is 1. The number of benzene rings is 2. The molecule has 2 amide bonds. The highest BCUT2D eigenvalue weighted by molar-refractivity contribution is 5.94. The molecule has 2 aromatic rings. The molecule has 0 spiro atoms. The lowest BCUT2D eigenvalue weighted by molar-refractivity contribution is -0.151. The van der Waals surface area contributed by atoms with Crippen LogP contribution in [0.25, 0.3) is 0 Å². The SMILES string of the molecule is O=C1Nc2ccc(F)c(F)c2C(CC(F)F)(c2ccc(F)cc2)N1CC(F)(F)F. The van der Waals surface area contributed by atoms with Gasteiger partial charge in [-0.1, -0.05) is 12.1 Å². The van der Waals surface area contributed by atoms with Crippen LogP contribution in [0.1, 0.15) is 17.5 Å². The predicted octanol–water partition coefficient (Wildman–Crippen LogP) is 5.41. The molecule has 0 saturated carbocycles. The Bertz CT molecular complexity index is 929. The van der Waals surface area contributed by atoms with Gasteiger partial charge in [0, 0.05) is 12.0 Å². The highest BCUT2D eigenvalue weighted by Crippen LogP contribution is 2.49. The number of rotatable bonds is 4. The molecule has 29 heavy (non-hydrogen) atoms. The maximum Gasteiger partial charge on any atom is 0.406 e. The quantitative estimate of drug-likeness (QED) is 0.654. The molecule has 3 nitrogen and oxygen atoms in total. The number of fused-ring (bicyclic) bond motifs is 1. The van der Waals surface area contributed by atoms with Crippen molar-refractivity contribution in [2.45, 2.75) is 24.6 Å². The minimum atomic E-state index is -5.05. The first-order chi connectivity index (χ1) is 13.5. The molecule has 0 bridgehead atoms. The number of hydrogen-bond acceptors (Lipinski definition) is 1. The smallest absolute Gasteiger partial charge is 0.307 e. The Morgan fingerprint density at radius 3 is 2.17 bits per heavy atom. The lowest BCUT2D eigenvalue weighted by Crippen LogP contribution is -2.59. The molecule has 1 aliphatic rings. The van der Waals surface area contributed by atoms with Crippen molar-refractivity contribution in [3.8, 4) is 0 Å². The van der Waals surface area contributed by atoms with Crippen molar-refractivity contribution in [3.63, 3.8) is 0 Å². The van der Waals surface area contributed by atoms with Crippen LogP contribution >= 0.6 is 0 Å². The fourth-order valence-corrected chi connectivity index (χ4v) is 3.52. The Kier molecular flexibility index (Phi) is 5.18. The van der Waals surface area contributed by atoms with Crippen molar-refractivity contribution in [1.29, 1.82) is 0 Å². The van der Waals surface area contributed by atoms with Gasteiger partial charge in [-0.25, -0.2) is 26.7 Å². The number of amides is 2. The summed E-state index contributed by atoms with van der Waals surface area (Å²) in [5, 5.41) is 1.97. The first kappa shape index (κ1) is 20.9. The average Bonchev–Trinajstić information content (AvgIpc) is 2.60. The van der Waals surface area contributed by atoms with Crippen molar-refractivity contribution in [2.24, 2.45) is 0 Å². The fraction of sp³-hybridized carbons (Fsp3) is 0.278. The highest BCUT2D eigenvalue weighted by atomic mass is 19.4. The molecule has 1 heterocycles. The Labute approximate surface area is 158 Å². The van der Waals surface area contributed by atoms with Crippen LogP contribution in [0.3, 0.4) is 0 Å². The number of halogens is 8. The van der Waals surface area contributed by atoms with E-state index in [1.165, 1.54) is 0 Å². The molecular weight excluding hydrogens is 412 g/mol. The number of alkyl halides is 5. The van der Waals surface area contributed by atoms with Crippen molar-refractivity contribution in [1.82, 2.24) is 4.90 Å². The molecule has 0 aliphatic carbocycles. The molecule has 1 N–H and O–H groups in total. The summed E-state index contributed by atoms with van der Waals surface area (Å²) in [5.74, 6) is -4.05. The summed E-state index contributed by atoms with van der Waals surface area (Å²) in [6.07, 6.45) is -9.85. The van der Waals surface area contributed by atoms with Crippen molar-refractivity contribution in [2.75, 3.05) is 11.9 Å². The first-order valence-electron chi connectivity index (χ1n) is 8.14. The van der Waals surface area contributed by atoms with Crippen LogP contribution in [-0.2, 0) is 5.54 Å². The zero-order chi connectivity index (χ0) is 21.6. The number of hydrogen-bond donors (Lipinski definition) is 1. The van der Waals surface area contributed by atoms with E-state index in [0.717, 1.165) is 30.3 Å². The maximum absolute atomic E-state index is 14.8. The van der Waals surface area contributed by atoms with E-state index in [2.05, 4.69) is 0 Å². The van der Waals surface area contributed by atoms with Crippen LogP contribution in [0.15, 0.2) is 36.4 Å². The van der Waals surface area contributed by atoms with E-state index in [9.17, 15) is 39.9 Å². The van der Waals surface area contributed by atoms with E-state index in [-0.39, 0.29) is 4.90 Å². The van der Waals surface area contributed by atoms with Gasteiger partial charge in [0.25, 0.3) is 0 Å². The Balaban J connectivity index is 2.41. The van der Waals surface area contributed by atoms with Gasteiger partial charge in [-0.05, 0) is 29.8 Å². The summed E-state index contributed by atoms with van der Waals surface area (Å²) < 4.78 is 109. The molecule has 156 valence electrons. The van der Waals surface area contributed by atoms with Gasteiger partial charge < -0.3 is 10.2 Å². The summed E-state index contributed by atoms with van der Waals surface area (Å²) in [4.78, 5) is 12.4. The molecule has 0 saturated heterocycles. The molecule has 0 radical (unpaired) electrons. The van der Waals surface area contributed by atoms with Gasteiger partial charge in [-0.2, -0.15) is 13.2 Å². The van der Waals surface area contributed by atoms with Gasteiger partial charge in [-0.3, -0.25) is 0 Å². The second-order valence-corrected chi connectivity index (χ2v) is 6.38. The second-order valence-electron chi connectivity index (χ2n) is 6.38. The van der Waals surface area contributed by atoms with Gasteiger partial charge >= 0.3 is 12.2 Å². The standard InChI is InChI=1S/C18H12F8N2O/c19-10-3-1-9(2-4-10)17(7-13(21)22)14-12(6-5-11(20)15(14)23)27-16(29)28(17)8-18(24,25)26/h1-6,13H,7-8H2,(H,27,29). The third-order valence-electron chi connectivity index (χ3n) is 4.56. The molecule has 11 heteroatoms. The molecule has 3 rings (SSSR count). The summed E-state index contributed by atoms with van der Waals surface area (Å²) in [6, 6.07) is 3.26. The molecule has 1 unspecified atom stereocenters. The van der Waals surface area contributed by atoms with E-state index < -0.39 is 71.4 Å². The minimum absolute atomic E-state index is 0.0305. The van der Waals surface area contributed by atoms with Gasteiger partial charge in [0.05, 0.1) is 5.69 Å². The Morgan fingerprint density at radius 1 is 1.00 bits per heavy atom. The lowest BCUT2D eigenvalue weighted by Gasteiger charge is -2.48. The number of nitrogens with zero attached hydrogens (tertiary/aromatic N) is 1. The summed E-state index contributed by atoms with van der Waals surface area (Å²) in [6.45, 7) is -2.03. The first-order valence-corrected chi connectivity index (χ1v) is 8.14. The lowest BCUT2D eigenvalue weighted by atomic mass is 9.76. The molecule has 0 fully saturated rings. The van der Waals surface area contributed by atoms with Crippen LogP contribution in [0.4, 0.5) is 45.6 Å². The van der Waals surface area contributed by atoms with Gasteiger partial charge in [0.2, 0.25) is 6.43 Å². The summed E-state index contributed by atoms with van der Waals surface area (Å²) >= 11 is 0. The summed E-state index contributed by atoms with van der Waals surface area (Å²) in [7, 11) is 0. The number of nitrogens with one attached hydrogen (secondary N) is 1. The van der Waals surface area contributed by atoms with E-state index >= 15 is 0 Å². The normalized spacial score (nSPS) is 19.3. The van der Waals surface area contributed by atoms with E-state index in [4.69, 9.17) is 0 Å². The zero-order valence-electron chi connectivity index (χ0n) is 14.3. The van der Waals surface area contributed by atoms with E-state index in [0.29, 0.717) is 6.07 Å². The van der Waals surface area contributed by atoms with Crippen LogP contribution in [0, 0.1) is 17.5 Å². The molecular formula is C18H12F8N2O. The monoisotopic (exact) mass is 424 g/mol. The second kappa shape index (κ2) is 7.20. The summed E-state index contributed by atoms with van der Waals surface area (Å²) in [5.41, 5.74) is -4.52.